The molecular formula is C18H35N2O+. The van der Waals surface area contributed by atoms with Crippen molar-refractivity contribution < 1.29 is 9.59 Å². The average Bonchev–Trinajstić information content (AvgIpc) is 2.89. The molecule has 0 aliphatic carbocycles. The fourth-order valence-electron chi connectivity index (χ4n) is 3.15. The monoisotopic (exact) mass is 295 g/mol. The molecule has 0 aromatic carbocycles. The van der Waals surface area contributed by atoms with E-state index in [-0.39, 0.29) is 6.61 Å². The van der Waals surface area contributed by atoms with Crippen LogP contribution in [-0.4, -0.2) is 35.5 Å². The van der Waals surface area contributed by atoms with Crippen LogP contribution in [0.1, 0.15) is 65.2 Å². The summed E-state index contributed by atoms with van der Waals surface area (Å²) in [6.45, 7) is 6.56. The number of aliphatic hydroxyl groups excluding tert-OH is 1. The Kier molecular flexibility index (Phi) is 9.44. The van der Waals surface area contributed by atoms with Gasteiger partial charge >= 0.3 is 0 Å². The minimum atomic E-state index is 0.254. The van der Waals surface area contributed by atoms with Crippen LogP contribution in [0.15, 0.2) is 24.6 Å². The van der Waals surface area contributed by atoms with Gasteiger partial charge in [-0.15, -0.1) is 0 Å². The zero-order chi connectivity index (χ0) is 15.4. The first-order chi connectivity index (χ1) is 10.3. The number of nitrogens with zero attached hydrogens (tertiary/aromatic N) is 1. The predicted octanol–water partition coefficient (Wildman–Crippen LogP) is 3.91. The second-order valence-corrected chi connectivity index (χ2v) is 6.12. The van der Waals surface area contributed by atoms with Crippen molar-refractivity contribution in [3.63, 3.8) is 0 Å². The van der Waals surface area contributed by atoms with Gasteiger partial charge in [-0.25, -0.2) is 0 Å². The van der Waals surface area contributed by atoms with Crippen molar-refractivity contribution in [3.05, 3.63) is 24.6 Å². The van der Waals surface area contributed by atoms with E-state index >= 15 is 0 Å². The molecule has 0 saturated carbocycles. The van der Waals surface area contributed by atoms with Crippen LogP contribution in [-0.2, 0) is 0 Å². The lowest BCUT2D eigenvalue weighted by molar-refractivity contribution is -0.899. The third-order valence-electron chi connectivity index (χ3n) is 4.63. The summed E-state index contributed by atoms with van der Waals surface area (Å²) in [4.78, 5) is 0. The maximum Gasteiger partial charge on any atom is 0.166 e. The van der Waals surface area contributed by atoms with E-state index in [4.69, 9.17) is 0 Å². The third-order valence-corrected chi connectivity index (χ3v) is 4.63. The Labute approximate surface area is 131 Å². The Morgan fingerprint density at radius 1 is 1.10 bits per heavy atom. The molecule has 122 valence electrons. The topological polar surface area (TPSA) is 32.3 Å². The lowest BCUT2D eigenvalue weighted by Gasteiger charge is -2.36. The highest BCUT2D eigenvalue weighted by atomic mass is 16.3. The SMILES string of the molecule is CCCCCCC/C=C/CCC1NC=C[N+]1(CC)CCO. The van der Waals surface area contributed by atoms with Crippen molar-refractivity contribution in [1.82, 2.24) is 5.32 Å². The molecular weight excluding hydrogens is 260 g/mol. The quantitative estimate of drug-likeness (QED) is 0.325. The summed E-state index contributed by atoms with van der Waals surface area (Å²) in [5.74, 6) is 0. The van der Waals surface area contributed by atoms with Crippen LogP contribution in [0.5, 0.6) is 0 Å². The number of hydrogen-bond acceptors (Lipinski definition) is 2. The van der Waals surface area contributed by atoms with Crippen molar-refractivity contribution in [3.8, 4) is 0 Å². The van der Waals surface area contributed by atoms with Crippen molar-refractivity contribution in [2.24, 2.45) is 0 Å². The van der Waals surface area contributed by atoms with Crippen LogP contribution >= 0.6 is 0 Å². The molecule has 1 heterocycles. The highest BCUT2D eigenvalue weighted by Gasteiger charge is 2.35. The van der Waals surface area contributed by atoms with E-state index < -0.39 is 0 Å². The fourth-order valence-corrected chi connectivity index (χ4v) is 3.15. The Morgan fingerprint density at radius 2 is 1.86 bits per heavy atom. The van der Waals surface area contributed by atoms with Gasteiger partial charge in [0.15, 0.2) is 6.17 Å². The van der Waals surface area contributed by atoms with E-state index in [1.807, 2.05) is 0 Å². The molecule has 0 aromatic rings. The van der Waals surface area contributed by atoms with Gasteiger partial charge < -0.3 is 10.4 Å². The maximum atomic E-state index is 9.28. The molecule has 0 fully saturated rings. The zero-order valence-electron chi connectivity index (χ0n) is 14.1. The van der Waals surface area contributed by atoms with Gasteiger partial charge in [-0.1, -0.05) is 44.8 Å². The van der Waals surface area contributed by atoms with Crippen molar-refractivity contribution in [1.29, 1.82) is 0 Å². The molecule has 3 nitrogen and oxygen atoms in total. The van der Waals surface area contributed by atoms with E-state index in [1.165, 1.54) is 38.5 Å². The number of aliphatic hydroxyl groups is 1. The molecule has 2 unspecified atom stereocenters. The van der Waals surface area contributed by atoms with Crippen LogP contribution in [0, 0.1) is 0 Å². The van der Waals surface area contributed by atoms with Crippen molar-refractivity contribution in [2.75, 3.05) is 19.7 Å². The standard InChI is InChI=1S/C18H35N2O/c1-3-5-6-7-8-9-10-11-12-13-18-19-14-15-20(18,4-2)16-17-21/h10-11,14-15,18-19,21H,3-9,12-13,16-17H2,1-2H3/q+1/b11-10+. The minimum Gasteiger partial charge on any atom is -0.390 e. The van der Waals surface area contributed by atoms with Crippen LogP contribution in [0.2, 0.25) is 0 Å². The number of hydrogen-bond donors (Lipinski definition) is 2. The predicted molar refractivity (Wildman–Crippen MR) is 90.6 cm³/mol. The van der Waals surface area contributed by atoms with E-state index in [9.17, 15) is 5.11 Å². The van der Waals surface area contributed by atoms with Crippen LogP contribution in [0.3, 0.4) is 0 Å². The van der Waals surface area contributed by atoms with Gasteiger partial charge in [0.1, 0.15) is 12.7 Å². The molecule has 0 amide bonds. The van der Waals surface area contributed by atoms with Gasteiger partial charge in [-0.2, -0.15) is 0 Å². The second kappa shape index (κ2) is 10.9. The van der Waals surface area contributed by atoms with Gasteiger partial charge in [0.25, 0.3) is 0 Å². The largest absolute Gasteiger partial charge is 0.390 e. The van der Waals surface area contributed by atoms with Crippen LogP contribution < -0.4 is 5.32 Å². The first-order valence-electron chi connectivity index (χ1n) is 8.85. The molecule has 1 aliphatic rings. The van der Waals surface area contributed by atoms with Gasteiger partial charge in [0, 0.05) is 6.42 Å². The Morgan fingerprint density at radius 3 is 2.57 bits per heavy atom. The summed E-state index contributed by atoms with van der Waals surface area (Å²) >= 11 is 0. The number of unbranched alkanes of at least 4 members (excludes halogenated alkanes) is 5. The average molecular weight is 295 g/mol. The summed E-state index contributed by atoms with van der Waals surface area (Å²) in [5, 5.41) is 12.7. The third kappa shape index (κ3) is 6.23. The summed E-state index contributed by atoms with van der Waals surface area (Å²) in [5.41, 5.74) is 0. The number of nitrogens with one attached hydrogen (secondary N) is 1. The molecule has 0 spiro atoms. The molecule has 2 N–H and O–H groups in total. The smallest absolute Gasteiger partial charge is 0.166 e. The minimum absolute atomic E-state index is 0.254. The summed E-state index contributed by atoms with van der Waals surface area (Å²) in [6, 6.07) is 0. The number of quaternary nitrogens is 1. The molecule has 1 rings (SSSR count). The summed E-state index contributed by atoms with van der Waals surface area (Å²) in [7, 11) is 0. The molecule has 0 bridgehead atoms. The van der Waals surface area contributed by atoms with Crippen LogP contribution in [0.4, 0.5) is 0 Å². The second-order valence-electron chi connectivity index (χ2n) is 6.12. The lowest BCUT2D eigenvalue weighted by Crippen LogP contribution is -2.53. The lowest BCUT2D eigenvalue weighted by atomic mass is 10.1. The summed E-state index contributed by atoms with van der Waals surface area (Å²) < 4.78 is 0.876. The van der Waals surface area contributed by atoms with E-state index in [0.717, 1.165) is 30.4 Å². The van der Waals surface area contributed by atoms with Crippen molar-refractivity contribution in [2.45, 2.75) is 71.4 Å². The molecule has 3 heteroatoms. The Balaban J connectivity index is 2.17. The van der Waals surface area contributed by atoms with Gasteiger partial charge in [0.05, 0.1) is 19.4 Å². The number of allylic oxidation sites excluding steroid dienone is 2. The molecule has 0 radical (unpaired) electrons. The van der Waals surface area contributed by atoms with Gasteiger partial charge in [0.2, 0.25) is 0 Å². The first-order valence-corrected chi connectivity index (χ1v) is 8.85. The van der Waals surface area contributed by atoms with E-state index in [1.54, 1.807) is 0 Å². The molecule has 2 atom stereocenters. The highest BCUT2D eigenvalue weighted by molar-refractivity contribution is 4.87. The molecule has 1 aliphatic heterocycles. The van der Waals surface area contributed by atoms with E-state index in [0.29, 0.717) is 6.17 Å². The normalized spacial score (nSPS) is 24.8. The fraction of sp³-hybridized carbons (Fsp3) is 0.778. The van der Waals surface area contributed by atoms with Crippen LogP contribution in [0.25, 0.3) is 0 Å². The maximum absolute atomic E-state index is 9.28. The molecule has 21 heavy (non-hydrogen) atoms. The molecule has 0 saturated heterocycles. The molecule has 0 aromatic heterocycles. The Hall–Kier alpha value is -0.800. The zero-order valence-corrected chi connectivity index (χ0v) is 14.1. The number of likely N-dealkylation sites (N-methyl/N-ethyl adjacent to an activating group) is 1. The van der Waals surface area contributed by atoms with Crippen molar-refractivity contribution >= 4 is 0 Å². The Bertz CT molecular complexity index is 314. The van der Waals surface area contributed by atoms with Gasteiger partial charge in [-0.3, -0.25) is 4.48 Å². The van der Waals surface area contributed by atoms with E-state index in [2.05, 4.69) is 43.7 Å². The number of rotatable bonds is 12. The summed E-state index contributed by atoms with van der Waals surface area (Å²) in [6.07, 6.45) is 19.7. The highest BCUT2D eigenvalue weighted by Crippen LogP contribution is 2.21. The first kappa shape index (κ1) is 18.2. The van der Waals surface area contributed by atoms with Gasteiger partial charge in [-0.05, 0) is 26.2 Å².